The van der Waals surface area contributed by atoms with Gasteiger partial charge in [-0.25, -0.2) is 4.79 Å². The summed E-state index contributed by atoms with van der Waals surface area (Å²) in [7, 11) is 0. The molecule has 2 aromatic rings. The van der Waals surface area contributed by atoms with Crippen LogP contribution in [-0.4, -0.2) is 11.9 Å². The van der Waals surface area contributed by atoms with E-state index < -0.39 is 5.97 Å². The molecule has 0 spiro atoms. The number of halogens is 2. The van der Waals surface area contributed by atoms with Crippen molar-refractivity contribution in [3.8, 4) is 5.75 Å². The Morgan fingerprint density at radius 2 is 1.82 bits per heavy atom. The van der Waals surface area contributed by atoms with Crippen molar-refractivity contribution in [2.45, 2.75) is 13.8 Å². The Morgan fingerprint density at radius 1 is 1.18 bits per heavy atom. The number of carbonyl (C=O) groups is 2. The fraction of sp³-hybridized carbons (Fsp3) is 0.125. The molecule has 2 rings (SSSR count). The van der Waals surface area contributed by atoms with Crippen LogP contribution in [0, 0.1) is 6.92 Å². The molecule has 0 aliphatic carbocycles. The van der Waals surface area contributed by atoms with Gasteiger partial charge in [-0.15, -0.1) is 0 Å². The zero-order valence-electron chi connectivity index (χ0n) is 11.9. The van der Waals surface area contributed by atoms with Crippen molar-refractivity contribution < 1.29 is 14.3 Å². The topological polar surface area (TPSA) is 55.4 Å². The van der Waals surface area contributed by atoms with E-state index in [1.54, 1.807) is 37.3 Å². The van der Waals surface area contributed by atoms with Gasteiger partial charge in [-0.2, -0.15) is 0 Å². The summed E-state index contributed by atoms with van der Waals surface area (Å²) in [6, 6.07) is 9.90. The third-order valence-corrected chi connectivity index (χ3v) is 3.57. The van der Waals surface area contributed by atoms with E-state index in [1.807, 2.05) is 6.07 Å². The van der Waals surface area contributed by atoms with E-state index in [0.717, 1.165) is 10.0 Å². The number of anilines is 1. The Bertz CT molecular complexity index is 706. The summed E-state index contributed by atoms with van der Waals surface area (Å²) < 4.78 is 6.17. The summed E-state index contributed by atoms with van der Waals surface area (Å²) in [6.07, 6.45) is 0. The first-order chi connectivity index (χ1) is 10.4. The van der Waals surface area contributed by atoms with Crippen LogP contribution in [0.2, 0.25) is 5.02 Å². The van der Waals surface area contributed by atoms with Gasteiger partial charge in [0.25, 0.3) is 0 Å². The molecule has 0 aliphatic heterocycles. The molecule has 0 fully saturated rings. The number of ether oxygens (including phenoxy) is 1. The SMILES string of the molecule is CC(=O)Nc1ccc(C(=O)Oc2c(C)cc(Br)cc2Cl)cc1. The van der Waals surface area contributed by atoms with Crippen molar-refractivity contribution in [3.05, 3.63) is 57.0 Å². The smallest absolute Gasteiger partial charge is 0.343 e. The highest BCUT2D eigenvalue weighted by Crippen LogP contribution is 2.32. The van der Waals surface area contributed by atoms with E-state index in [9.17, 15) is 9.59 Å². The lowest BCUT2D eigenvalue weighted by Crippen LogP contribution is -2.10. The Morgan fingerprint density at radius 3 is 2.36 bits per heavy atom. The first-order valence-corrected chi connectivity index (χ1v) is 7.59. The van der Waals surface area contributed by atoms with Gasteiger partial charge in [0.15, 0.2) is 5.75 Å². The number of rotatable bonds is 3. The van der Waals surface area contributed by atoms with Crippen molar-refractivity contribution in [1.29, 1.82) is 0 Å². The predicted octanol–water partition coefficient (Wildman–Crippen LogP) is 4.59. The number of nitrogens with one attached hydrogen (secondary N) is 1. The lowest BCUT2D eigenvalue weighted by Gasteiger charge is -2.10. The summed E-state index contributed by atoms with van der Waals surface area (Å²) in [5.74, 6) is -0.352. The number of benzene rings is 2. The second-order valence-electron chi connectivity index (χ2n) is 4.68. The Labute approximate surface area is 141 Å². The van der Waals surface area contributed by atoms with Gasteiger partial charge in [-0.05, 0) is 48.9 Å². The van der Waals surface area contributed by atoms with Gasteiger partial charge in [-0.3, -0.25) is 4.79 Å². The quantitative estimate of drug-likeness (QED) is 0.624. The van der Waals surface area contributed by atoms with Gasteiger partial charge in [0.05, 0.1) is 10.6 Å². The minimum atomic E-state index is -0.512. The van der Waals surface area contributed by atoms with Crippen LogP contribution in [-0.2, 0) is 4.79 Å². The minimum Gasteiger partial charge on any atom is -0.421 e. The molecule has 0 aromatic heterocycles. The molecule has 0 atom stereocenters. The minimum absolute atomic E-state index is 0.174. The third kappa shape index (κ3) is 4.08. The Kier molecular flexibility index (Phi) is 5.21. The maximum atomic E-state index is 12.2. The van der Waals surface area contributed by atoms with Gasteiger partial charge in [-0.1, -0.05) is 27.5 Å². The molecule has 6 heteroatoms. The van der Waals surface area contributed by atoms with E-state index >= 15 is 0 Å². The van der Waals surface area contributed by atoms with Crippen LogP contribution >= 0.6 is 27.5 Å². The molecule has 0 radical (unpaired) electrons. The van der Waals surface area contributed by atoms with Crippen LogP contribution in [0.3, 0.4) is 0 Å². The van der Waals surface area contributed by atoms with E-state index in [2.05, 4.69) is 21.2 Å². The molecular weight excluding hydrogens is 370 g/mol. The predicted molar refractivity (Wildman–Crippen MR) is 89.6 cm³/mol. The number of esters is 1. The molecule has 4 nitrogen and oxygen atoms in total. The largest absolute Gasteiger partial charge is 0.421 e. The zero-order valence-corrected chi connectivity index (χ0v) is 14.3. The number of hydrogen-bond donors (Lipinski definition) is 1. The van der Waals surface area contributed by atoms with Crippen molar-refractivity contribution in [2.24, 2.45) is 0 Å². The average molecular weight is 383 g/mol. The van der Waals surface area contributed by atoms with Crippen LogP contribution < -0.4 is 10.1 Å². The molecule has 0 aliphatic rings. The average Bonchev–Trinajstić information content (AvgIpc) is 2.42. The molecule has 1 amide bonds. The maximum absolute atomic E-state index is 12.2. The Hall–Kier alpha value is -1.85. The standard InChI is InChI=1S/C16H13BrClNO3/c1-9-7-12(17)8-14(18)15(9)22-16(21)11-3-5-13(6-4-11)19-10(2)20/h3-8H,1-2H3,(H,19,20). The summed E-state index contributed by atoms with van der Waals surface area (Å²) in [5.41, 5.74) is 1.73. The first-order valence-electron chi connectivity index (χ1n) is 6.42. The van der Waals surface area contributed by atoms with Crippen LogP contribution in [0.15, 0.2) is 40.9 Å². The molecular formula is C16H13BrClNO3. The molecule has 0 bridgehead atoms. The van der Waals surface area contributed by atoms with Crippen molar-refractivity contribution in [1.82, 2.24) is 0 Å². The second-order valence-corrected chi connectivity index (χ2v) is 6.00. The highest BCUT2D eigenvalue weighted by atomic mass is 79.9. The molecule has 0 saturated heterocycles. The van der Waals surface area contributed by atoms with Crippen LogP contribution in [0.5, 0.6) is 5.75 Å². The maximum Gasteiger partial charge on any atom is 0.343 e. The molecule has 22 heavy (non-hydrogen) atoms. The van der Waals surface area contributed by atoms with Crippen LogP contribution in [0.25, 0.3) is 0 Å². The van der Waals surface area contributed by atoms with Gasteiger partial charge in [0.1, 0.15) is 0 Å². The summed E-state index contributed by atoms with van der Waals surface area (Å²) in [5, 5.41) is 2.98. The summed E-state index contributed by atoms with van der Waals surface area (Å²) in [4.78, 5) is 23.1. The normalized spacial score (nSPS) is 10.2. The molecule has 1 N–H and O–H groups in total. The van der Waals surface area contributed by atoms with Gasteiger partial charge in [0.2, 0.25) is 5.91 Å². The van der Waals surface area contributed by atoms with E-state index in [-0.39, 0.29) is 5.91 Å². The third-order valence-electron chi connectivity index (χ3n) is 2.83. The number of hydrogen-bond acceptors (Lipinski definition) is 3. The molecule has 2 aromatic carbocycles. The molecule has 0 saturated carbocycles. The number of aryl methyl sites for hydroxylation is 1. The summed E-state index contributed by atoms with van der Waals surface area (Å²) in [6.45, 7) is 3.22. The van der Waals surface area contributed by atoms with Crippen molar-refractivity contribution >= 4 is 45.1 Å². The van der Waals surface area contributed by atoms with Gasteiger partial charge >= 0.3 is 5.97 Å². The number of amides is 1. The van der Waals surface area contributed by atoms with E-state index in [4.69, 9.17) is 16.3 Å². The zero-order chi connectivity index (χ0) is 16.3. The fourth-order valence-corrected chi connectivity index (χ4v) is 2.87. The van der Waals surface area contributed by atoms with Gasteiger partial charge < -0.3 is 10.1 Å². The number of carbonyl (C=O) groups excluding carboxylic acids is 2. The lowest BCUT2D eigenvalue weighted by molar-refractivity contribution is -0.114. The fourth-order valence-electron chi connectivity index (χ4n) is 1.86. The second kappa shape index (κ2) is 6.94. The van der Waals surface area contributed by atoms with E-state index in [1.165, 1.54) is 6.92 Å². The lowest BCUT2D eigenvalue weighted by atomic mass is 10.2. The van der Waals surface area contributed by atoms with Crippen LogP contribution in [0.4, 0.5) is 5.69 Å². The van der Waals surface area contributed by atoms with Crippen molar-refractivity contribution in [3.63, 3.8) is 0 Å². The summed E-state index contributed by atoms with van der Waals surface area (Å²) >= 11 is 9.42. The monoisotopic (exact) mass is 381 g/mol. The van der Waals surface area contributed by atoms with Crippen LogP contribution in [0.1, 0.15) is 22.8 Å². The van der Waals surface area contributed by atoms with Crippen molar-refractivity contribution in [2.75, 3.05) is 5.32 Å². The molecule has 0 heterocycles. The van der Waals surface area contributed by atoms with Gasteiger partial charge in [0, 0.05) is 17.1 Å². The highest BCUT2D eigenvalue weighted by molar-refractivity contribution is 9.10. The first kappa shape index (κ1) is 16.5. The molecule has 114 valence electrons. The van der Waals surface area contributed by atoms with E-state index in [0.29, 0.717) is 22.0 Å². The highest BCUT2D eigenvalue weighted by Gasteiger charge is 2.14. The molecule has 0 unspecified atom stereocenters. The Balaban J connectivity index is 2.17.